The first-order valence-electron chi connectivity index (χ1n) is 11.9. The Morgan fingerprint density at radius 3 is 2.15 bits per heavy atom. The van der Waals surface area contributed by atoms with E-state index in [1.807, 2.05) is 6.26 Å². The largest absolute Gasteiger partial charge is 0.481 e. The van der Waals surface area contributed by atoms with Crippen molar-refractivity contribution in [2.45, 2.75) is 49.9 Å². The molecule has 0 fully saturated rings. The minimum absolute atomic E-state index is 0.133. The number of benzene rings is 1. The molecule has 10 N–H and O–H groups in total. The number of hydrogen-bond donors (Lipinski definition) is 8. The molecule has 14 nitrogen and oxygen atoms in total. The van der Waals surface area contributed by atoms with Crippen molar-refractivity contribution in [3.63, 3.8) is 0 Å². The van der Waals surface area contributed by atoms with Crippen LogP contribution in [-0.4, -0.2) is 86.9 Å². The molecule has 0 saturated carbocycles. The number of carbonyl (C=O) groups excluding carboxylic acids is 4. The van der Waals surface area contributed by atoms with Crippen LogP contribution in [0.3, 0.4) is 0 Å². The summed E-state index contributed by atoms with van der Waals surface area (Å²) >= 11 is 1.47. The van der Waals surface area contributed by atoms with Crippen LogP contribution < -0.4 is 27.4 Å². The topological polar surface area (TPSA) is 247 Å². The van der Waals surface area contributed by atoms with Crippen molar-refractivity contribution in [1.29, 1.82) is 0 Å². The van der Waals surface area contributed by atoms with Gasteiger partial charge >= 0.3 is 11.9 Å². The molecule has 212 valence electrons. The van der Waals surface area contributed by atoms with E-state index in [1.54, 1.807) is 30.5 Å². The Kier molecular flexibility index (Phi) is 11.7. The Morgan fingerprint density at radius 1 is 0.923 bits per heavy atom. The molecule has 0 saturated heterocycles. The number of aromatic nitrogens is 1. The number of hydrogen-bond acceptors (Lipinski definition) is 8. The molecule has 2 rings (SSSR count). The summed E-state index contributed by atoms with van der Waals surface area (Å²) in [4.78, 5) is 76.1. The highest BCUT2D eigenvalue weighted by Gasteiger charge is 2.32. The molecular weight excluding hydrogens is 532 g/mol. The maximum absolute atomic E-state index is 13.2. The maximum atomic E-state index is 13.2. The van der Waals surface area contributed by atoms with Gasteiger partial charge in [-0.2, -0.15) is 11.8 Å². The van der Waals surface area contributed by atoms with Gasteiger partial charge in [0.05, 0.1) is 18.9 Å². The number of aliphatic carboxylic acids is 2. The number of amides is 4. The van der Waals surface area contributed by atoms with Gasteiger partial charge in [-0.05, 0) is 30.1 Å². The highest BCUT2D eigenvalue weighted by molar-refractivity contribution is 7.98. The van der Waals surface area contributed by atoms with Gasteiger partial charge in [0.1, 0.15) is 18.1 Å². The number of para-hydroxylation sites is 1. The van der Waals surface area contributed by atoms with Crippen LogP contribution >= 0.6 is 11.8 Å². The number of carbonyl (C=O) groups is 6. The Balaban J connectivity index is 2.32. The van der Waals surface area contributed by atoms with Gasteiger partial charge in [0.25, 0.3) is 0 Å². The second-order valence-corrected chi connectivity index (χ2v) is 9.73. The molecule has 1 aromatic heterocycles. The molecule has 0 radical (unpaired) electrons. The zero-order valence-electron chi connectivity index (χ0n) is 21.1. The number of H-pyrrole nitrogens is 1. The third-order valence-electron chi connectivity index (χ3n) is 5.73. The zero-order valence-corrected chi connectivity index (χ0v) is 22.0. The normalized spacial score (nSPS) is 14.0. The smallest absolute Gasteiger partial charge is 0.326 e. The Labute approximate surface area is 227 Å². The first-order chi connectivity index (χ1) is 18.4. The molecule has 15 heteroatoms. The first-order valence-corrected chi connectivity index (χ1v) is 13.3. The fourth-order valence-electron chi connectivity index (χ4n) is 3.71. The first kappa shape index (κ1) is 31.1. The SMILES string of the molecule is CSCCC(N)C(=O)NC(CC(N)=O)C(=O)NC(Cc1c[nH]c2ccccc12)C(=O)NC(CC(=O)O)C(=O)O. The van der Waals surface area contributed by atoms with Crippen LogP contribution in [0.15, 0.2) is 30.5 Å². The molecule has 1 aromatic carbocycles. The predicted molar refractivity (Wildman–Crippen MR) is 142 cm³/mol. The van der Waals surface area contributed by atoms with Crippen LogP contribution in [0.1, 0.15) is 24.8 Å². The highest BCUT2D eigenvalue weighted by atomic mass is 32.2. The summed E-state index contributed by atoms with van der Waals surface area (Å²) in [6.45, 7) is 0. The minimum Gasteiger partial charge on any atom is -0.481 e. The highest BCUT2D eigenvalue weighted by Crippen LogP contribution is 2.19. The van der Waals surface area contributed by atoms with E-state index in [9.17, 15) is 33.9 Å². The van der Waals surface area contributed by atoms with Gasteiger partial charge in [-0.25, -0.2) is 4.79 Å². The lowest BCUT2D eigenvalue weighted by Crippen LogP contribution is -2.58. The van der Waals surface area contributed by atoms with Crippen LogP contribution in [0.2, 0.25) is 0 Å². The third kappa shape index (κ3) is 9.61. The van der Waals surface area contributed by atoms with Crippen LogP contribution in [0, 0.1) is 0 Å². The van der Waals surface area contributed by atoms with Crippen molar-refractivity contribution in [3.8, 4) is 0 Å². The second kappa shape index (κ2) is 14.7. The van der Waals surface area contributed by atoms with Gasteiger partial charge in [0.15, 0.2) is 0 Å². The average Bonchev–Trinajstić information content (AvgIpc) is 3.28. The predicted octanol–water partition coefficient (Wildman–Crippen LogP) is -1.32. The number of nitrogens with one attached hydrogen (secondary N) is 4. The van der Waals surface area contributed by atoms with Crippen molar-refractivity contribution in [1.82, 2.24) is 20.9 Å². The van der Waals surface area contributed by atoms with Crippen LogP contribution in [-0.2, 0) is 35.2 Å². The molecule has 2 aromatic rings. The van der Waals surface area contributed by atoms with Gasteiger partial charge in [-0.1, -0.05) is 18.2 Å². The summed E-state index contributed by atoms with van der Waals surface area (Å²) in [6, 6.07) is 1.50. The molecular formula is C24H32N6O8S. The van der Waals surface area contributed by atoms with E-state index in [0.29, 0.717) is 17.7 Å². The summed E-state index contributed by atoms with van der Waals surface area (Å²) in [5, 5.41) is 26.0. The molecule has 4 atom stereocenters. The number of nitrogens with two attached hydrogens (primary N) is 2. The zero-order chi connectivity index (χ0) is 29.1. The lowest BCUT2D eigenvalue weighted by atomic mass is 10.0. The molecule has 1 heterocycles. The summed E-state index contributed by atoms with van der Waals surface area (Å²) in [7, 11) is 0. The third-order valence-corrected chi connectivity index (χ3v) is 6.38. The lowest BCUT2D eigenvalue weighted by Gasteiger charge is -2.24. The number of aromatic amines is 1. The van der Waals surface area contributed by atoms with Crippen molar-refractivity contribution in [2.75, 3.05) is 12.0 Å². The Hall–Kier alpha value is -4.11. The standard InChI is InChI=1S/C24H32N6O8S/c1-39-7-6-14(25)21(34)28-17(9-19(26)31)23(36)29-16(22(35)30-18(24(37)38)10-20(32)33)8-12-11-27-15-5-3-2-4-13(12)15/h2-5,11,14,16-18,27H,6-10,25H2,1H3,(H2,26,31)(H,28,34)(H,29,36)(H,30,35)(H,32,33)(H,37,38). The lowest BCUT2D eigenvalue weighted by molar-refractivity contribution is -0.147. The van der Waals surface area contributed by atoms with Crippen LogP contribution in [0.25, 0.3) is 10.9 Å². The van der Waals surface area contributed by atoms with Crippen LogP contribution in [0.4, 0.5) is 0 Å². The molecule has 4 amide bonds. The summed E-state index contributed by atoms with van der Waals surface area (Å²) in [5.74, 6) is -5.99. The molecule has 0 aliphatic carbocycles. The number of rotatable bonds is 16. The van der Waals surface area contributed by atoms with Gasteiger partial charge in [0.2, 0.25) is 23.6 Å². The van der Waals surface area contributed by atoms with E-state index in [4.69, 9.17) is 16.6 Å². The van der Waals surface area contributed by atoms with Crippen molar-refractivity contribution in [3.05, 3.63) is 36.0 Å². The van der Waals surface area contributed by atoms with E-state index < -0.39 is 72.6 Å². The number of thioether (sulfide) groups is 1. The number of fused-ring (bicyclic) bond motifs is 1. The molecule has 0 aliphatic heterocycles. The second-order valence-electron chi connectivity index (χ2n) is 8.74. The molecule has 0 aliphatic rings. The number of carboxylic acids is 2. The Bertz CT molecular complexity index is 1220. The fourth-order valence-corrected chi connectivity index (χ4v) is 4.20. The van der Waals surface area contributed by atoms with Gasteiger partial charge < -0.3 is 42.6 Å². The molecule has 0 spiro atoms. The monoisotopic (exact) mass is 564 g/mol. The summed E-state index contributed by atoms with van der Waals surface area (Å²) in [5.41, 5.74) is 12.4. The van der Waals surface area contributed by atoms with Gasteiger partial charge in [0, 0.05) is 23.5 Å². The van der Waals surface area contributed by atoms with E-state index in [1.165, 1.54) is 11.8 Å². The fraction of sp³-hybridized carbons (Fsp3) is 0.417. The van der Waals surface area contributed by atoms with E-state index >= 15 is 0 Å². The Morgan fingerprint density at radius 2 is 1.54 bits per heavy atom. The maximum Gasteiger partial charge on any atom is 0.326 e. The quantitative estimate of drug-likeness (QED) is 0.119. The van der Waals surface area contributed by atoms with E-state index in [0.717, 1.165) is 10.9 Å². The summed E-state index contributed by atoms with van der Waals surface area (Å²) in [6.07, 6.45) is 2.12. The van der Waals surface area contributed by atoms with Crippen molar-refractivity contribution >= 4 is 58.2 Å². The number of primary amides is 1. The van der Waals surface area contributed by atoms with Crippen molar-refractivity contribution in [2.24, 2.45) is 11.5 Å². The molecule has 39 heavy (non-hydrogen) atoms. The molecule has 4 unspecified atom stereocenters. The van der Waals surface area contributed by atoms with Gasteiger partial charge in [-0.3, -0.25) is 24.0 Å². The average molecular weight is 565 g/mol. The molecule has 0 bridgehead atoms. The van der Waals surface area contributed by atoms with E-state index in [-0.39, 0.29) is 6.42 Å². The summed E-state index contributed by atoms with van der Waals surface area (Å²) < 4.78 is 0. The van der Waals surface area contributed by atoms with E-state index in [2.05, 4.69) is 20.9 Å². The number of carboxylic acid groups (broad SMARTS) is 2. The minimum atomic E-state index is -1.77. The van der Waals surface area contributed by atoms with Crippen LogP contribution in [0.5, 0.6) is 0 Å². The van der Waals surface area contributed by atoms with Crippen molar-refractivity contribution < 1.29 is 39.0 Å². The van der Waals surface area contributed by atoms with Gasteiger partial charge in [-0.15, -0.1) is 0 Å².